The minimum Gasteiger partial charge on any atom is -0.309 e. The fraction of sp³-hybridized carbons (Fsp3) is 0.556. The molecule has 0 fully saturated rings. The molecule has 0 spiro atoms. The monoisotopic (exact) mass is 200 g/mol. The Hall–Kier alpha value is -0.830. The van der Waals surface area contributed by atoms with Crippen molar-refractivity contribution < 1.29 is 0 Å². The van der Waals surface area contributed by atoms with Gasteiger partial charge in [-0.25, -0.2) is 4.98 Å². The van der Waals surface area contributed by atoms with Crippen molar-refractivity contribution in [3.8, 4) is 0 Å². The van der Waals surface area contributed by atoms with E-state index in [0.29, 0.717) is 11.5 Å². The molecule has 0 aliphatic carbocycles. The SMILES string of the molecule is Cc1nc(C(C)(C)C)[nH]c(=O)c1Cl. The Labute approximate surface area is 82.2 Å². The molecular weight excluding hydrogens is 188 g/mol. The van der Waals surface area contributed by atoms with Gasteiger partial charge in [0.25, 0.3) is 5.56 Å². The van der Waals surface area contributed by atoms with Gasteiger partial charge in [-0.05, 0) is 6.92 Å². The summed E-state index contributed by atoms with van der Waals surface area (Å²) in [5, 5.41) is 0.174. The Morgan fingerprint density at radius 1 is 1.38 bits per heavy atom. The van der Waals surface area contributed by atoms with E-state index in [1.54, 1.807) is 6.92 Å². The number of nitrogens with zero attached hydrogens (tertiary/aromatic N) is 1. The molecule has 0 unspecified atom stereocenters. The van der Waals surface area contributed by atoms with Gasteiger partial charge in [0.1, 0.15) is 10.8 Å². The highest BCUT2D eigenvalue weighted by Gasteiger charge is 2.18. The Morgan fingerprint density at radius 3 is 2.31 bits per heavy atom. The first-order chi connectivity index (χ1) is 5.82. The number of rotatable bonds is 0. The molecule has 0 aliphatic heterocycles. The van der Waals surface area contributed by atoms with Crippen LogP contribution in [-0.4, -0.2) is 9.97 Å². The second-order valence-electron chi connectivity index (χ2n) is 4.06. The molecule has 0 saturated carbocycles. The number of hydrogen-bond donors (Lipinski definition) is 1. The lowest BCUT2D eigenvalue weighted by molar-refractivity contribution is 0.540. The zero-order valence-electron chi connectivity index (χ0n) is 8.23. The molecule has 4 heteroatoms. The zero-order valence-corrected chi connectivity index (χ0v) is 8.99. The van der Waals surface area contributed by atoms with Crippen LogP contribution in [0.3, 0.4) is 0 Å². The molecule has 1 heterocycles. The van der Waals surface area contributed by atoms with Crippen LogP contribution in [0.15, 0.2) is 4.79 Å². The van der Waals surface area contributed by atoms with Crippen molar-refractivity contribution in [2.24, 2.45) is 0 Å². The molecule has 1 aromatic heterocycles. The Balaban J connectivity index is 3.38. The first kappa shape index (κ1) is 10.3. The Kier molecular flexibility index (Phi) is 2.48. The summed E-state index contributed by atoms with van der Waals surface area (Å²) < 4.78 is 0. The highest BCUT2D eigenvalue weighted by Crippen LogP contribution is 2.18. The average molecular weight is 201 g/mol. The van der Waals surface area contributed by atoms with Gasteiger partial charge < -0.3 is 4.98 Å². The van der Waals surface area contributed by atoms with Gasteiger partial charge in [-0.2, -0.15) is 0 Å². The van der Waals surface area contributed by atoms with Crippen molar-refractivity contribution in [1.82, 2.24) is 9.97 Å². The predicted molar refractivity (Wildman–Crippen MR) is 53.3 cm³/mol. The number of H-pyrrole nitrogens is 1. The van der Waals surface area contributed by atoms with E-state index in [1.165, 1.54) is 0 Å². The summed E-state index contributed by atoms with van der Waals surface area (Å²) in [6.45, 7) is 7.68. The molecule has 0 radical (unpaired) electrons. The van der Waals surface area contributed by atoms with Crippen molar-refractivity contribution >= 4 is 11.6 Å². The molecule has 0 aliphatic rings. The normalized spacial score (nSPS) is 11.8. The average Bonchev–Trinajstić information content (AvgIpc) is 1.97. The molecule has 1 N–H and O–H groups in total. The molecule has 1 aromatic rings. The second kappa shape index (κ2) is 3.14. The third-order valence-electron chi connectivity index (χ3n) is 1.74. The summed E-state index contributed by atoms with van der Waals surface area (Å²) in [5.74, 6) is 0.666. The van der Waals surface area contributed by atoms with Crippen molar-refractivity contribution in [3.63, 3.8) is 0 Å². The number of aromatic amines is 1. The highest BCUT2D eigenvalue weighted by atomic mass is 35.5. The maximum Gasteiger partial charge on any atom is 0.269 e. The first-order valence-electron chi connectivity index (χ1n) is 4.09. The van der Waals surface area contributed by atoms with Crippen LogP contribution in [-0.2, 0) is 5.41 Å². The van der Waals surface area contributed by atoms with Gasteiger partial charge in [0, 0.05) is 5.41 Å². The van der Waals surface area contributed by atoms with E-state index in [-0.39, 0.29) is 16.0 Å². The lowest BCUT2D eigenvalue weighted by Crippen LogP contribution is -2.23. The maximum atomic E-state index is 11.3. The third-order valence-corrected chi connectivity index (χ3v) is 2.18. The fourth-order valence-corrected chi connectivity index (χ4v) is 1.02. The van der Waals surface area contributed by atoms with Crippen molar-refractivity contribution in [3.05, 3.63) is 26.9 Å². The molecule has 0 amide bonds. The van der Waals surface area contributed by atoms with Gasteiger partial charge in [0.15, 0.2) is 0 Å². The summed E-state index contributed by atoms with van der Waals surface area (Å²) in [4.78, 5) is 18.2. The van der Waals surface area contributed by atoms with Crippen LogP contribution < -0.4 is 5.56 Å². The maximum absolute atomic E-state index is 11.3. The van der Waals surface area contributed by atoms with Gasteiger partial charge >= 0.3 is 0 Å². The minimum atomic E-state index is -0.265. The van der Waals surface area contributed by atoms with Crippen molar-refractivity contribution in [2.45, 2.75) is 33.1 Å². The summed E-state index contributed by atoms with van der Waals surface area (Å²) >= 11 is 5.69. The van der Waals surface area contributed by atoms with Crippen LogP contribution in [0, 0.1) is 6.92 Å². The van der Waals surface area contributed by atoms with Gasteiger partial charge in [0.05, 0.1) is 5.69 Å². The van der Waals surface area contributed by atoms with E-state index in [2.05, 4.69) is 9.97 Å². The van der Waals surface area contributed by atoms with Crippen LogP contribution in [0.4, 0.5) is 0 Å². The summed E-state index contributed by atoms with van der Waals surface area (Å²) in [6, 6.07) is 0. The number of hydrogen-bond acceptors (Lipinski definition) is 2. The number of aromatic nitrogens is 2. The van der Waals surface area contributed by atoms with E-state index >= 15 is 0 Å². The summed E-state index contributed by atoms with van der Waals surface area (Å²) in [7, 11) is 0. The molecule has 0 aromatic carbocycles. The van der Waals surface area contributed by atoms with Crippen LogP contribution >= 0.6 is 11.6 Å². The van der Waals surface area contributed by atoms with Crippen molar-refractivity contribution in [1.29, 1.82) is 0 Å². The van der Waals surface area contributed by atoms with Crippen LogP contribution in [0.5, 0.6) is 0 Å². The van der Waals surface area contributed by atoms with Crippen LogP contribution in [0.25, 0.3) is 0 Å². The fourth-order valence-electron chi connectivity index (χ4n) is 0.927. The smallest absolute Gasteiger partial charge is 0.269 e. The topological polar surface area (TPSA) is 45.8 Å². The van der Waals surface area contributed by atoms with E-state index in [0.717, 1.165) is 0 Å². The molecule has 72 valence electrons. The summed E-state index contributed by atoms with van der Waals surface area (Å²) in [6.07, 6.45) is 0. The Morgan fingerprint density at radius 2 is 1.92 bits per heavy atom. The summed E-state index contributed by atoms with van der Waals surface area (Å²) in [5.41, 5.74) is 0.156. The lowest BCUT2D eigenvalue weighted by Gasteiger charge is -2.17. The zero-order chi connectivity index (χ0) is 10.2. The molecule has 0 bridgehead atoms. The van der Waals surface area contributed by atoms with E-state index in [9.17, 15) is 4.79 Å². The van der Waals surface area contributed by atoms with E-state index in [1.807, 2.05) is 20.8 Å². The molecule has 3 nitrogen and oxygen atoms in total. The van der Waals surface area contributed by atoms with E-state index < -0.39 is 0 Å². The van der Waals surface area contributed by atoms with Crippen molar-refractivity contribution in [2.75, 3.05) is 0 Å². The molecule has 0 atom stereocenters. The number of nitrogens with one attached hydrogen (secondary N) is 1. The first-order valence-corrected chi connectivity index (χ1v) is 4.47. The standard InChI is InChI=1S/C9H13ClN2O/c1-5-6(10)7(13)12-8(11-5)9(2,3)4/h1-4H3,(H,11,12,13). The quantitative estimate of drug-likeness (QED) is 0.697. The largest absolute Gasteiger partial charge is 0.309 e. The van der Waals surface area contributed by atoms with Gasteiger partial charge in [-0.15, -0.1) is 0 Å². The van der Waals surface area contributed by atoms with Gasteiger partial charge in [-0.1, -0.05) is 32.4 Å². The van der Waals surface area contributed by atoms with E-state index in [4.69, 9.17) is 11.6 Å². The molecular formula is C9H13ClN2O. The molecule has 0 saturated heterocycles. The molecule has 1 rings (SSSR count). The Bertz CT molecular complexity index is 376. The van der Waals surface area contributed by atoms with Crippen LogP contribution in [0.1, 0.15) is 32.3 Å². The number of aryl methyl sites for hydroxylation is 1. The molecule has 13 heavy (non-hydrogen) atoms. The van der Waals surface area contributed by atoms with Gasteiger partial charge in [0.2, 0.25) is 0 Å². The van der Waals surface area contributed by atoms with Gasteiger partial charge in [-0.3, -0.25) is 4.79 Å². The predicted octanol–water partition coefficient (Wildman–Crippen LogP) is 2.03. The highest BCUT2D eigenvalue weighted by molar-refractivity contribution is 6.30. The van der Waals surface area contributed by atoms with Crippen LogP contribution in [0.2, 0.25) is 5.02 Å². The minimum absolute atomic E-state index is 0.158. The number of halogens is 1. The second-order valence-corrected chi connectivity index (χ2v) is 4.44. The third kappa shape index (κ3) is 2.10. The lowest BCUT2D eigenvalue weighted by atomic mass is 9.96.